The number of hydrogen-bond acceptors (Lipinski definition) is 4. The van der Waals surface area contributed by atoms with E-state index >= 15 is 0 Å². The number of rotatable bonds is 4. The molecular formula is C17H21N3O3. The van der Waals surface area contributed by atoms with Crippen molar-refractivity contribution in [3.8, 4) is 11.3 Å². The quantitative estimate of drug-likeness (QED) is 0.909. The lowest BCUT2D eigenvalue weighted by atomic mass is 10.1. The fraction of sp³-hybridized carbons (Fsp3) is 0.412. The summed E-state index contributed by atoms with van der Waals surface area (Å²) in [6.07, 6.45) is 2.50. The average molecular weight is 315 g/mol. The minimum Gasteiger partial charge on any atom is -0.393 e. The fourth-order valence-electron chi connectivity index (χ4n) is 2.94. The highest BCUT2D eigenvalue weighted by Gasteiger charge is 2.27. The summed E-state index contributed by atoms with van der Waals surface area (Å²) < 4.78 is 5.26. The van der Waals surface area contributed by atoms with E-state index in [9.17, 15) is 9.90 Å². The number of carbonyl (C=O) groups is 1. The smallest absolute Gasteiger partial charge is 0.322 e. The van der Waals surface area contributed by atoms with Crippen molar-refractivity contribution in [1.82, 2.24) is 10.1 Å². The zero-order valence-corrected chi connectivity index (χ0v) is 13.1. The maximum absolute atomic E-state index is 12.2. The molecule has 23 heavy (non-hydrogen) atoms. The Morgan fingerprint density at radius 2 is 2.17 bits per heavy atom. The molecule has 0 aliphatic heterocycles. The maximum atomic E-state index is 12.2. The Bertz CT molecular complexity index is 656. The molecule has 2 N–H and O–H groups in total. The van der Waals surface area contributed by atoms with E-state index in [1.165, 1.54) is 0 Å². The first-order valence-electron chi connectivity index (χ1n) is 7.86. The first kappa shape index (κ1) is 15.6. The molecule has 0 bridgehead atoms. The standard InChI is InChI=1S/C17H21N3O3/c1-20(11-13-8-5-9-14(13)21)17(22)18-16-10-15(23-19-16)12-6-3-2-4-7-12/h2-4,6-7,10,13-14,21H,5,8-9,11H2,1H3,(H,18,19,22). The lowest BCUT2D eigenvalue weighted by molar-refractivity contribution is 0.116. The second kappa shape index (κ2) is 6.83. The normalized spacial score (nSPS) is 20.4. The highest BCUT2D eigenvalue weighted by molar-refractivity contribution is 5.88. The third-order valence-corrected chi connectivity index (χ3v) is 4.28. The molecule has 2 atom stereocenters. The van der Waals surface area contributed by atoms with Gasteiger partial charge in [0, 0.05) is 31.1 Å². The van der Waals surface area contributed by atoms with Crippen LogP contribution in [0.3, 0.4) is 0 Å². The van der Waals surface area contributed by atoms with Gasteiger partial charge in [-0.05, 0) is 12.8 Å². The molecule has 1 aliphatic carbocycles. The monoisotopic (exact) mass is 315 g/mol. The number of aliphatic hydroxyl groups excluding tert-OH is 1. The van der Waals surface area contributed by atoms with Gasteiger partial charge in [-0.25, -0.2) is 4.79 Å². The predicted molar refractivity (Wildman–Crippen MR) is 86.9 cm³/mol. The predicted octanol–water partition coefficient (Wildman–Crippen LogP) is 2.97. The molecule has 1 heterocycles. The summed E-state index contributed by atoms with van der Waals surface area (Å²) in [5, 5.41) is 16.5. The van der Waals surface area contributed by atoms with Crippen molar-refractivity contribution < 1.29 is 14.4 Å². The van der Waals surface area contributed by atoms with Crippen LogP contribution in [0.2, 0.25) is 0 Å². The number of hydrogen-bond donors (Lipinski definition) is 2. The summed E-state index contributed by atoms with van der Waals surface area (Å²) in [5.74, 6) is 1.14. The number of benzene rings is 1. The second-order valence-corrected chi connectivity index (χ2v) is 6.01. The molecule has 0 spiro atoms. The first-order chi connectivity index (χ1) is 11.1. The van der Waals surface area contributed by atoms with E-state index in [0.717, 1.165) is 24.8 Å². The van der Waals surface area contributed by atoms with E-state index in [0.29, 0.717) is 18.1 Å². The lowest BCUT2D eigenvalue weighted by Gasteiger charge is -2.22. The molecule has 6 heteroatoms. The van der Waals surface area contributed by atoms with E-state index in [-0.39, 0.29) is 18.1 Å². The molecule has 3 rings (SSSR count). The van der Waals surface area contributed by atoms with Crippen LogP contribution in [-0.2, 0) is 0 Å². The van der Waals surface area contributed by atoms with Crippen molar-refractivity contribution in [2.75, 3.05) is 18.9 Å². The second-order valence-electron chi connectivity index (χ2n) is 6.01. The van der Waals surface area contributed by atoms with Gasteiger partial charge in [0.05, 0.1) is 6.10 Å². The van der Waals surface area contributed by atoms with Crippen LogP contribution >= 0.6 is 0 Å². The Morgan fingerprint density at radius 3 is 2.87 bits per heavy atom. The highest BCUT2D eigenvalue weighted by Crippen LogP contribution is 2.26. The third kappa shape index (κ3) is 3.71. The zero-order valence-electron chi connectivity index (χ0n) is 13.1. The molecule has 1 aromatic carbocycles. The van der Waals surface area contributed by atoms with Crippen LogP contribution in [0.15, 0.2) is 40.9 Å². The average Bonchev–Trinajstić information content (AvgIpc) is 3.18. The Morgan fingerprint density at radius 1 is 1.39 bits per heavy atom. The molecule has 2 unspecified atom stereocenters. The van der Waals surface area contributed by atoms with Gasteiger partial charge in [-0.1, -0.05) is 41.9 Å². The number of aromatic nitrogens is 1. The van der Waals surface area contributed by atoms with Crippen molar-refractivity contribution in [2.45, 2.75) is 25.4 Å². The number of aliphatic hydroxyl groups is 1. The van der Waals surface area contributed by atoms with Crippen molar-refractivity contribution in [2.24, 2.45) is 5.92 Å². The molecule has 2 amide bonds. The van der Waals surface area contributed by atoms with Crippen LogP contribution in [0.1, 0.15) is 19.3 Å². The molecule has 0 radical (unpaired) electrons. The van der Waals surface area contributed by atoms with Crippen molar-refractivity contribution >= 4 is 11.8 Å². The van der Waals surface area contributed by atoms with Crippen LogP contribution in [0.4, 0.5) is 10.6 Å². The van der Waals surface area contributed by atoms with Crippen LogP contribution in [0.5, 0.6) is 0 Å². The topological polar surface area (TPSA) is 78.6 Å². The van der Waals surface area contributed by atoms with E-state index in [2.05, 4.69) is 10.5 Å². The summed E-state index contributed by atoms with van der Waals surface area (Å²) in [7, 11) is 1.72. The number of urea groups is 1. The van der Waals surface area contributed by atoms with Gasteiger partial charge < -0.3 is 14.5 Å². The number of anilines is 1. The summed E-state index contributed by atoms with van der Waals surface area (Å²) in [6.45, 7) is 0.538. The van der Waals surface area contributed by atoms with Crippen LogP contribution in [-0.4, -0.2) is 40.9 Å². The van der Waals surface area contributed by atoms with Gasteiger partial charge in [-0.2, -0.15) is 0 Å². The first-order valence-corrected chi connectivity index (χ1v) is 7.86. The summed E-state index contributed by atoms with van der Waals surface area (Å²) in [6, 6.07) is 11.0. The van der Waals surface area contributed by atoms with Gasteiger partial charge in [0.25, 0.3) is 0 Å². The number of nitrogens with zero attached hydrogens (tertiary/aromatic N) is 2. The highest BCUT2D eigenvalue weighted by atomic mass is 16.5. The van der Waals surface area contributed by atoms with Gasteiger partial charge in [0.15, 0.2) is 11.6 Å². The maximum Gasteiger partial charge on any atom is 0.322 e. The molecule has 2 aromatic rings. The van der Waals surface area contributed by atoms with Gasteiger partial charge in [0.1, 0.15) is 0 Å². The molecule has 1 fully saturated rings. The van der Waals surface area contributed by atoms with E-state index in [1.54, 1.807) is 18.0 Å². The van der Waals surface area contributed by atoms with Crippen molar-refractivity contribution in [1.29, 1.82) is 0 Å². The molecule has 1 saturated carbocycles. The number of nitrogens with one attached hydrogen (secondary N) is 1. The molecule has 1 aliphatic rings. The summed E-state index contributed by atoms with van der Waals surface area (Å²) in [4.78, 5) is 13.8. The van der Waals surface area contributed by atoms with Crippen molar-refractivity contribution in [3.05, 3.63) is 36.4 Å². The third-order valence-electron chi connectivity index (χ3n) is 4.28. The molecule has 0 saturated heterocycles. The Balaban J connectivity index is 1.58. The largest absolute Gasteiger partial charge is 0.393 e. The molecular weight excluding hydrogens is 294 g/mol. The Labute approximate surface area is 135 Å². The molecule has 122 valence electrons. The fourth-order valence-corrected chi connectivity index (χ4v) is 2.94. The lowest BCUT2D eigenvalue weighted by Crippen LogP contribution is -2.37. The molecule has 1 aromatic heterocycles. The zero-order chi connectivity index (χ0) is 16.2. The van der Waals surface area contributed by atoms with Crippen LogP contribution in [0.25, 0.3) is 11.3 Å². The van der Waals surface area contributed by atoms with Crippen LogP contribution < -0.4 is 5.32 Å². The number of carbonyl (C=O) groups excluding carboxylic acids is 1. The Hall–Kier alpha value is -2.34. The minimum atomic E-state index is -0.304. The van der Waals surface area contributed by atoms with Gasteiger partial charge in [0.2, 0.25) is 0 Å². The summed E-state index contributed by atoms with van der Waals surface area (Å²) in [5.41, 5.74) is 0.905. The Kier molecular flexibility index (Phi) is 4.62. The molecule has 6 nitrogen and oxygen atoms in total. The van der Waals surface area contributed by atoms with Crippen LogP contribution in [0, 0.1) is 5.92 Å². The minimum absolute atomic E-state index is 0.155. The van der Waals surface area contributed by atoms with Gasteiger partial charge >= 0.3 is 6.03 Å². The van der Waals surface area contributed by atoms with E-state index in [1.807, 2.05) is 30.3 Å². The SMILES string of the molecule is CN(CC1CCCC1O)C(=O)Nc1cc(-c2ccccc2)on1. The van der Waals surface area contributed by atoms with E-state index < -0.39 is 0 Å². The van der Waals surface area contributed by atoms with Gasteiger partial charge in [-0.15, -0.1) is 0 Å². The summed E-state index contributed by atoms with van der Waals surface area (Å²) >= 11 is 0. The van der Waals surface area contributed by atoms with Gasteiger partial charge in [-0.3, -0.25) is 5.32 Å². The van der Waals surface area contributed by atoms with Crippen molar-refractivity contribution in [3.63, 3.8) is 0 Å². The number of amides is 2. The van der Waals surface area contributed by atoms with E-state index in [4.69, 9.17) is 4.52 Å².